The Balaban J connectivity index is 2.60. The first-order chi connectivity index (χ1) is 9.77. The number of hydrogen-bond donors (Lipinski definition) is 3. The lowest BCUT2D eigenvalue weighted by Gasteiger charge is -2.37. The number of benzene rings is 2. The summed E-state index contributed by atoms with van der Waals surface area (Å²) in [5.41, 5.74) is 1.04. The predicted octanol–water partition coefficient (Wildman–Crippen LogP) is 1.12. The van der Waals surface area contributed by atoms with Gasteiger partial charge in [-0.2, -0.15) is 0 Å². The zero-order chi connectivity index (χ0) is 14.4. The van der Waals surface area contributed by atoms with Crippen LogP contribution >= 0.6 is 0 Å². The highest BCUT2D eigenvalue weighted by Gasteiger charge is 2.30. The largest absolute Gasteiger partial charge is 0.390 e. The van der Waals surface area contributed by atoms with Gasteiger partial charge in [0.15, 0.2) is 0 Å². The Morgan fingerprint density at radius 2 is 1.25 bits per heavy atom. The molecule has 108 valence electrons. The van der Waals surface area contributed by atoms with Crippen LogP contribution in [-0.4, -0.2) is 54.8 Å². The number of rotatable bonds is 7. The van der Waals surface area contributed by atoms with Gasteiger partial charge in [-0.25, -0.2) is 0 Å². The Morgan fingerprint density at radius 3 is 1.85 bits per heavy atom. The number of aliphatic hydroxyl groups is 3. The fourth-order valence-corrected chi connectivity index (χ4v) is 2.89. The van der Waals surface area contributed by atoms with Gasteiger partial charge in [0.1, 0.15) is 25.3 Å². The highest BCUT2D eigenvalue weighted by molar-refractivity contribution is 5.93. The van der Waals surface area contributed by atoms with Crippen LogP contribution in [0.15, 0.2) is 42.5 Å². The second-order valence-electron chi connectivity index (χ2n) is 4.99. The van der Waals surface area contributed by atoms with Crippen molar-refractivity contribution >= 4 is 16.5 Å². The van der Waals surface area contributed by atoms with Gasteiger partial charge in [0.2, 0.25) is 0 Å². The number of aliphatic hydroxyl groups excluding tert-OH is 3. The Hall–Kier alpha value is -1.46. The van der Waals surface area contributed by atoms with Crippen LogP contribution in [-0.2, 0) is 0 Å². The molecule has 0 bridgehead atoms. The van der Waals surface area contributed by atoms with Crippen molar-refractivity contribution in [2.24, 2.45) is 0 Å². The molecule has 0 aliphatic carbocycles. The van der Waals surface area contributed by atoms with Crippen molar-refractivity contribution in [3.05, 3.63) is 42.5 Å². The third kappa shape index (κ3) is 2.83. The fraction of sp³-hybridized carbons (Fsp3) is 0.375. The van der Waals surface area contributed by atoms with Crippen LogP contribution in [0.5, 0.6) is 0 Å². The van der Waals surface area contributed by atoms with Crippen LogP contribution in [0, 0.1) is 0 Å². The molecule has 2 rings (SSSR count). The zero-order valence-electron chi connectivity index (χ0n) is 11.6. The lowest BCUT2D eigenvalue weighted by Crippen LogP contribution is -2.54. The zero-order valence-corrected chi connectivity index (χ0v) is 11.6. The Labute approximate surface area is 119 Å². The van der Waals surface area contributed by atoms with Crippen molar-refractivity contribution in [3.8, 4) is 0 Å². The summed E-state index contributed by atoms with van der Waals surface area (Å²) in [5.74, 6) is 0. The van der Waals surface area contributed by atoms with Gasteiger partial charge in [-0.05, 0) is 17.5 Å². The van der Waals surface area contributed by atoms with Crippen molar-refractivity contribution in [2.75, 3.05) is 39.5 Å². The van der Waals surface area contributed by atoms with E-state index < -0.39 is 0 Å². The summed E-state index contributed by atoms with van der Waals surface area (Å²) >= 11 is 0. The van der Waals surface area contributed by atoms with E-state index in [1.54, 1.807) is 0 Å². The molecular weight excluding hydrogens is 254 g/mol. The molecule has 0 saturated carbocycles. The molecule has 0 saturated heterocycles. The molecule has 3 N–H and O–H groups in total. The summed E-state index contributed by atoms with van der Waals surface area (Å²) in [5, 5.41) is 30.5. The topological polar surface area (TPSA) is 60.7 Å². The summed E-state index contributed by atoms with van der Waals surface area (Å²) < 4.78 is 0.394. The van der Waals surface area contributed by atoms with Gasteiger partial charge in [-0.15, -0.1) is 0 Å². The molecule has 0 radical (unpaired) electrons. The van der Waals surface area contributed by atoms with Gasteiger partial charge in [0, 0.05) is 5.39 Å². The van der Waals surface area contributed by atoms with E-state index in [1.165, 1.54) is 0 Å². The minimum Gasteiger partial charge on any atom is -0.390 e. The second-order valence-corrected chi connectivity index (χ2v) is 4.99. The van der Waals surface area contributed by atoms with Crippen LogP contribution in [0.4, 0.5) is 5.69 Å². The molecule has 0 aromatic heterocycles. The lowest BCUT2D eigenvalue weighted by molar-refractivity contribution is 0.139. The van der Waals surface area contributed by atoms with Gasteiger partial charge < -0.3 is 15.3 Å². The van der Waals surface area contributed by atoms with E-state index in [2.05, 4.69) is 0 Å². The van der Waals surface area contributed by atoms with E-state index in [4.69, 9.17) is 0 Å². The van der Waals surface area contributed by atoms with Gasteiger partial charge in [-0.1, -0.05) is 30.3 Å². The normalized spacial score (nSPS) is 11.9. The van der Waals surface area contributed by atoms with Crippen molar-refractivity contribution in [1.82, 2.24) is 4.48 Å². The standard InChI is InChI=1S/C16H22NO3/c18-11-8-17(9-12-19,10-13-20)16-7-3-5-14-4-1-2-6-15(14)16/h1-7,18-20H,8-13H2/q+1. The summed E-state index contributed by atoms with van der Waals surface area (Å²) in [6, 6.07) is 14.1. The maximum Gasteiger partial charge on any atom is 0.140 e. The van der Waals surface area contributed by atoms with Crippen LogP contribution in [0.2, 0.25) is 0 Å². The van der Waals surface area contributed by atoms with E-state index in [0.29, 0.717) is 24.1 Å². The van der Waals surface area contributed by atoms with Crippen molar-refractivity contribution < 1.29 is 15.3 Å². The summed E-state index contributed by atoms with van der Waals surface area (Å²) in [6.45, 7) is 1.50. The third-order valence-corrected chi connectivity index (χ3v) is 3.86. The molecule has 0 atom stereocenters. The third-order valence-electron chi connectivity index (χ3n) is 3.86. The predicted molar refractivity (Wildman–Crippen MR) is 81.6 cm³/mol. The smallest absolute Gasteiger partial charge is 0.140 e. The van der Waals surface area contributed by atoms with Gasteiger partial charge in [-0.3, -0.25) is 4.48 Å². The highest BCUT2D eigenvalue weighted by Crippen LogP contribution is 2.31. The van der Waals surface area contributed by atoms with E-state index >= 15 is 0 Å². The first-order valence-corrected chi connectivity index (χ1v) is 6.94. The average Bonchev–Trinajstić information content (AvgIpc) is 2.47. The van der Waals surface area contributed by atoms with Crippen molar-refractivity contribution in [1.29, 1.82) is 0 Å². The minimum absolute atomic E-state index is 0.0171. The number of fused-ring (bicyclic) bond motifs is 1. The molecule has 2 aromatic rings. The van der Waals surface area contributed by atoms with Crippen molar-refractivity contribution in [3.63, 3.8) is 0 Å². The SMILES string of the molecule is OCC[N+](CCO)(CCO)c1cccc2ccccc12. The van der Waals surface area contributed by atoms with Crippen LogP contribution in [0.3, 0.4) is 0 Å². The van der Waals surface area contributed by atoms with Gasteiger partial charge >= 0.3 is 0 Å². The molecule has 4 nitrogen and oxygen atoms in total. The molecule has 2 aromatic carbocycles. The number of nitrogens with zero attached hydrogens (tertiary/aromatic N) is 1. The fourth-order valence-electron chi connectivity index (χ4n) is 2.89. The quantitative estimate of drug-likeness (QED) is 0.664. The lowest BCUT2D eigenvalue weighted by atomic mass is 10.1. The molecule has 0 fully saturated rings. The first-order valence-electron chi connectivity index (χ1n) is 6.94. The van der Waals surface area contributed by atoms with Gasteiger partial charge in [0.25, 0.3) is 0 Å². The Morgan fingerprint density at radius 1 is 0.700 bits per heavy atom. The van der Waals surface area contributed by atoms with E-state index in [1.807, 2.05) is 42.5 Å². The van der Waals surface area contributed by atoms with Crippen LogP contribution < -0.4 is 4.48 Å². The van der Waals surface area contributed by atoms with Crippen molar-refractivity contribution in [2.45, 2.75) is 0 Å². The Bertz CT molecular complexity index is 534. The Kier molecular flexibility index (Phi) is 5.09. The maximum absolute atomic E-state index is 9.41. The van der Waals surface area contributed by atoms with Crippen LogP contribution in [0.25, 0.3) is 10.8 Å². The molecular formula is C16H22NO3+. The molecule has 0 heterocycles. The minimum atomic E-state index is 0.0171. The van der Waals surface area contributed by atoms with E-state index in [0.717, 1.165) is 16.5 Å². The first kappa shape index (κ1) is 14.9. The molecule has 0 spiro atoms. The number of hydrogen-bond acceptors (Lipinski definition) is 3. The monoisotopic (exact) mass is 276 g/mol. The summed E-state index contributed by atoms with van der Waals surface area (Å²) in [7, 11) is 0. The molecule has 0 unspecified atom stereocenters. The molecule has 0 aliphatic rings. The maximum atomic E-state index is 9.41. The van der Waals surface area contributed by atoms with E-state index in [-0.39, 0.29) is 19.8 Å². The summed E-state index contributed by atoms with van der Waals surface area (Å²) in [6.07, 6.45) is 0. The van der Waals surface area contributed by atoms with Gasteiger partial charge in [0.05, 0.1) is 19.8 Å². The molecule has 20 heavy (non-hydrogen) atoms. The molecule has 0 amide bonds. The molecule has 4 heteroatoms. The highest BCUT2D eigenvalue weighted by atomic mass is 16.3. The van der Waals surface area contributed by atoms with Crippen LogP contribution in [0.1, 0.15) is 0 Å². The molecule has 0 aliphatic heterocycles. The summed E-state index contributed by atoms with van der Waals surface area (Å²) in [4.78, 5) is 0. The second kappa shape index (κ2) is 6.81. The number of quaternary nitrogens is 1. The van der Waals surface area contributed by atoms with E-state index in [9.17, 15) is 15.3 Å². The average molecular weight is 276 g/mol.